The van der Waals surface area contributed by atoms with Crippen molar-refractivity contribution in [3.8, 4) is 0 Å². The third-order valence-electron chi connectivity index (χ3n) is 3.84. The number of nitrogens with one attached hydrogen (secondary N) is 2. The topological polar surface area (TPSA) is 102 Å². The molecule has 1 aliphatic rings. The predicted octanol–water partition coefficient (Wildman–Crippen LogP) is 0.821. The van der Waals surface area contributed by atoms with Crippen LogP contribution >= 0.6 is 0 Å². The molecule has 0 amide bonds. The molecule has 24 heavy (non-hydrogen) atoms. The molecule has 10 heteroatoms. The fourth-order valence-electron chi connectivity index (χ4n) is 2.79. The smallest absolute Gasteiger partial charge is 0.259 e. The van der Waals surface area contributed by atoms with E-state index in [1.54, 1.807) is 19.1 Å². The van der Waals surface area contributed by atoms with Gasteiger partial charge in [-0.1, -0.05) is 0 Å². The van der Waals surface area contributed by atoms with E-state index in [1.807, 2.05) is 6.07 Å². The zero-order valence-corrected chi connectivity index (χ0v) is 15.5. The van der Waals surface area contributed by atoms with Gasteiger partial charge in [-0.25, -0.2) is 12.6 Å². The van der Waals surface area contributed by atoms with E-state index in [9.17, 15) is 12.6 Å². The first kappa shape index (κ1) is 19.0. The average molecular weight is 377 g/mol. The van der Waals surface area contributed by atoms with Crippen LogP contribution in [0.1, 0.15) is 13.3 Å². The van der Waals surface area contributed by atoms with Gasteiger partial charge in [-0.2, -0.15) is 0 Å². The van der Waals surface area contributed by atoms with Crippen LogP contribution in [0.3, 0.4) is 0 Å². The molecule has 1 aromatic carbocycles. The van der Waals surface area contributed by atoms with E-state index in [0.717, 1.165) is 44.5 Å². The van der Waals surface area contributed by atoms with E-state index < -0.39 is 21.3 Å². The first-order valence-corrected chi connectivity index (χ1v) is 10.7. The Balaban J connectivity index is 2.46. The number of benzene rings is 1. The normalized spacial score (nSPS) is 17.2. The molecule has 1 saturated heterocycles. The van der Waals surface area contributed by atoms with Crippen molar-refractivity contribution in [2.75, 3.05) is 52.9 Å². The Bertz CT molecular complexity index is 688. The first-order valence-electron chi connectivity index (χ1n) is 7.78. The maximum atomic E-state index is 12.1. The van der Waals surface area contributed by atoms with Crippen molar-refractivity contribution < 1.29 is 17.2 Å². The third kappa shape index (κ3) is 4.82. The van der Waals surface area contributed by atoms with Gasteiger partial charge in [-0.15, -0.1) is 0 Å². The SMILES string of the molecule is CCN(c1cc(N2CCCNCC2)ccc1NS(=O)O)S(C)(=O)=O. The lowest BCUT2D eigenvalue weighted by molar-refractivity contribution is 0.570. The average Bonchev–Trinajstić information content (AvgIpc) is 2.76. The molecule has 0 aliphatic carbocycles. The summed E-state index contributed by atoms with van der Waals surface area (Å²) >= 11 is -2.28. The fourth-order valence-corrected chi connectivity index (χ4v) is 4.13. The lowest BCUT2D eigenvalue weighted by atomic mass is 10.2. The number of sulfonamides is 1. The summed E-state index contributed by atoms with van der Waals surface area (Å²) < 4.78 is 48.0. The Morgan fingerprint density at radius 2 is 2.12 bits per heavy atom. The Hall–Kier alpha value is -1.36. The fraction of sp³-hybridized carbons (Fsp3) is 0.571. The third-order valence-corrected chi connectivity index (χ3v) is 5.49. The van der Waals surface area contributed by atoms with Crippen LogP contribution in [0.15, 0.2) is 18.2 Å². The monoisotopic (exact) mass is 376 g/mol. The van der Waals surface area contributed by atoms with Crippen LogP contribution in [0.5, 0.6) is 0 Å². The second-order valence-corrected chi connectivity index (χ2v) is 8.18. The second kappa shape index (κ2) is 8.15. The molecular formula is C14H24N4O4S2. The highest BCUT2D eigenvalue weighted by molar-refractivity contribution is 7.92. The lowest BCUT2D eigenvalue weighted by Crippen LogP contribution is -2.31. The van der Waals surface area contributed by atoms with Crippen LogP contribution in [0.2, 0.25) is 0 Å². The van der Waals surface area contributed by atoms with Crippen molar-refractivity contribution in [3.63, 3.8) is 0 Å². The second-order valence-electron chi connectivity index (χ2n) is 5.57. The van der Waals surface area contributed by atoms with Crippen molar-refractivity contribution >= 4 is 38.4 Å². The molecule has 0 aromatic heterocycles. The molecule has 0 bridgehead atoms. The minimum atomic E-state index is -3.50. The minimum absolute atomic E-state index is 0.233. The molecule has 1 heterocycles. The summed E-state index contributed by atoms with van der Waals surface area (Å²) in [5, 5.41) is 3.32. The van der Waals surface area contributed by atoms with Crippen molar-refractivity contribution in [2.24, 2.45) is 0 Å². The molecule has 1 aromatic rings. The van der Waals surface area contributed by atoms with Crippen molar-refractivity contribution in [3.05, 3.63) is 18.2 Å². The summed E-state index contributed by atoms with van der Waals surface area (Å²) in [6, 6.07) is 5.23. The minimum Gasteiger partial charge on any atom is -0.370 e. The van der Waals surface area contributed by atoms with Gasteiger partial charge in [0.2, 0.25) is 10.0 Å². The molecule has 136 valence electrons. The highest BCUT2D eigenvalue weighted by atomic mass is 32.2. The number of hydrogen-bond donors (Lipinski definition) is 3. The summed E-state index contributed by atoms with van der Waals surface area (Å²) in [5.74, 6) is 0. The van der Waals surface area contributed by atoms with Crippen LogP contribution < -0.4 is 19.2 Å². The Labute approximate surface area is 145 Å². The number of rotatable bonds is 6. The molecule has 1 unspecified atom stereocenters. The molecule has 0 radical (unpaired) electrons. The van der Waals surface area contributed by atoms with Gasteiger partial charge in [0.05, 0.1) is 17.6 Å². The summed E-state index contributed by atoms with van der Waals surface area (Å²) in [5.41, 5.74) is 1.57. The molecule has 8 nitrogen and oxygen atoms in total. The molecular weight excluding hydrogens is 352 g/mol. The quantitative estimate of drug-likeness (QED) is 0.636. The Morgan fingerprint density at radius 1 is 1.38 bits per heavy atom. The Morgan fingerprint density at radius 3 is 2.75 bits per heavy atom. The maximum Gasteiger partial charge on any atom is 0.259 e. The van der Waals surface area contributed by atoms with Gasteiger partial charge in [0, 0.05) is 31.9 Å². The summed E-state index contributed by atoms with van der Waals surface area (Å²) in [6.07, 6.45) is 2.12. The van der Waals surface area contributed by atoms with Crippen LogP contribution in [0, 0.1) is 0 Å². The largest absolute Gasteiger partial charge is 0.370 e. The van der Waals surface area contributed by atoms with E-state index in [2.05, 4.69) is 14.9 Å². The zero-order valence-electron chi connectivity index (χ0n) is 13.9. The zero-order chi connectivity index (χ0) is 17.7. The standard InChI is InChI=1S/C14H24N4O4S2/c1-3-18(24(2,21)22)14-11-12(5-6-13(14)16-23(19)20)17-9-4-7-15-8-10-17/h5-6,11,15-16H,3-4,7-10H2,1-2H3,(H,19,20). The van der Waals surface area contributed by atoms with Gasteiger partial charge in [-0.3, -0.25) is 13.6 Å². The van der Waals surface area contributed by atoms with E-state index >= 15 is 0 Å². The number of hydrogen-bond acceptors (Lipinski definition) is 5. The van der Waals surface area contributed by atoms with Gasteiger partial charge in [0.25, 0.3) is 11.3 Å². The predicted molar refractivity (Wildman–Crippen MR) is 98.4 cm³/mol. The molecule has 0 spiro atoms. The molecule has 1 atom stereocenters. The number of nitrogens with zero attached hydrogens (tertiary/aromatic N) is 2. The van der Waals surface area contributed by atoms with E-state index in [0.29, 0.717) is 11.4 Å². The van der Waals surface area contributed by atoms with Crippen LogP contribution in [-0.2, 0) is 21.3 Å². The van der Waals surface area contributed by atoms with Crippen molar-refractivity contribution in [2.45, 2.75) is 13.3 Å². The van der Waals surface area contributed by atoms with E-state index in [-0.39, 0.29) is 6.54 Å². The molecule has 3 N–H and O–H groups in total. The van der Waals surface area contributed by atoms with Gasteiger partial charge in [0.1, 0.15) is 0 Å². The van der Waals surface area contributed by atoms with Gasteiger partial charge < -0.3 is 10.2 Å². The molecule has 2 rings (SSSR count). The Kier molecular flexibility index (Phi) is 6.44. The van der Waals surface area contributed by atoms with Crippen LogP contribution in [0.25, 0.3) is 0 Å². The number of anilines is 3. The molecule has 1 aliphatic heterocycles. The van der Waals surface area contributed by atoms with E-state index in [4.69, 9.17) is 4.55 Å². The highest BCUT2D eigenvalue weighted by Crippen LogP contribution is 2.33. The molecule has 0 saturated carbocycles. The van der Waals surface area contributed by atoms with Gasteiger partial charge >= 0.3 is 0 Å². The lowest BCUT2D eigenvalue weighted by Gasteiger charge is -2.27. The maximum absolute atomic E-state index is 12.1. The van der Waals surface area contributed by atoms with Crippen molar-refractivity contribution in [1.29, 1.82) is 0 Å². The highest BCUT2D eigenvalue weighted by Gasteiger charge is 2.21. The van der Waals surface area contributed by atoms with E-state index in [1.165, 1.54) is 4.31 Å². The van der Waals surface area contributed by atoms with Crippen molar-refractivity contribution in [1.82, 2.24) is 5.32 Å². The van der Waals surface area contributed by atoms with Crippen LogP contribution in [-0.4, -0.2) is 56.2 Å². The van der Waals surface area contributed by atoms with Gasteiger partial charge in [-0.05, 0) is 38.1 Å². The van der Waals surface area contributed by atoms with Crippen LogP contribution in [0.4, 0.5) is 17.1 Å². The molecule has 1 fully saturated rings. The summed E-state index contributed by atoms with van der Waals surface area (Å²) in [4.78, 5) is 2.18. The summed E-state index contributed by atoms with van der Waals surface area (Å²) in [6.45, 7) is 5.47. The van der Waals surface area contributed by atoms with Gasteiger partial charge in [0.15, 0.2) is 0 Å². The first-order chi connectivity index (χ1) is 11.3. The summed E-state index contributed by atoms with van der Waals surface area (Å²) in [7, 11) is -3.50.